The van der Waals surface area contributed by atoms with Crippen molar-refractivity contribution in [3.63, 3.8) is 0 Å². The quantitative estimate of drug-likeness (QED) is 0.551. The number of carbonyl (C=O) groups is 1. The second kappa shape index (κ2) is 9.81. The number of sulfonamides is 1. The topological polar surface area (TPSA) is 114 Å². The largest absolute Gasteiger partial charge is 0.497 e. The lowest BCUT2D eigenvalue weighted by molar-refractivity contribution is -0.143. The second-order valence-corrected chi connectivity index (χ2v) is 11.1. The molecule has 2 aliphatic rings. The predicted octanol–water partition coefficient (Wildman–Crippen LogP) is 2.59. The smallest absolute Gasteiger partial charge is 0.309 e. The average molecular weight is 491 g/mol. The van der Waals surface area contributed by atoms with Gasteiger partial charge in [0.05, 0.1) is 18.3 Å². The van der Waals surface area contributed by atoms with Crippen LogP contribution in [0.4, 0.5) is 0 Å². The van der Waals surface area contributed by atoms with Crippen molar-refractivity contribution in [2.75, 3.05) is 33.5 Å². The van der Waals surface area contributed by atoms with Crippen LogP contribution in [-0.4, -0.2) is 63.2 Å². The molecule has 3 atom stereocenters. The molecule has 0 aliphatic carbocycles. The van der Waals surface area contributed by atoms with E-state index < -0.39 is 33.2 Å². The third-order valence-electron chi connectivity index (χ3n) is 6.49. The molecule has 2 aromatic rings. The van der Waals surface area contributed by atoms with E-state index in [1.807, 2.05) is 41.3 Å². The Morgan fingerprint density at radius 1 is 1.15 bits per heavy atom. The lowest BCUT2D eigenvalue weighted by Crippen LogP contribution is -2.38. The highest BCUT2D eigenvalue weighted by Gasteiger charge is 2.47. The van der Waals surface area contributed by atoms with Crippen LogP contribution in [0.1, 0.15) is 36.9 Å². The number of hydrogen-bond donors (Lipinski definition) is 2. The van der Waals surface area contributed by atoms with E-state index in [0.29, 0.717) is 30.3 Å². The van der Waals surface area contributed by atoms with Crippen molar-refractivity contribution in [3.8, 4) is 17.2 Å². The van der Waals surface area contributed by atoms with Crippen molar-refractivity contribution in [2.24, 2.45) is 5.92 Å². The molecule has 0 bridgehead atoms. The zero-order valence-electron chi connectivity index (χ0n) is 19.4. The molecule has 2 aromatic carbocycles. The molecule has 2 N–H and O–H groups in total. The van der Waals surface area contributed by atoms with Crippen molar-refractivity contribution in [2.45, 2.75) is 31.1 Å². The minimum Gasteiger partial charge on any atom is -0.497 e. The summed E-state index contributed by atoms with van der Waals surface area (Å²) in [5.41, 5.74) is 1.68. The van der Waals surface area contributed by atoms with Gasteiger partial charge in [0.1, 0.15) is 5.75 Å². The number of fused-ring (bicyclic) bond motifs is 1. The van der Waals surface area contributed by atoms with Crippen molar-refractivity contribution in [1.82, 2.24) is 9.62 Å². The van der Waals surface area contributed by atoms with Gasteiger partial charge in [0, 0.05) is 31.6 Å². The summed E-state index contributed by atoms with van der Waals surface area (Å²) in [7, 11) is -1.85. The number of nitrogens with zero attached hydrogens (tertiary/aromatic N) is 1. The van der Waals surface area contributed by atoms with E-state index >= 15 is 0 Å². The first kappa shape index (κ1) is 24.3. The molecule has 3 unspecified atom stereocenters. The Morgan fingerprint density at radius 2 is 1.82 bits per heavy atom. The molecule has 0 saturated carbocycles. The van der Waals surface area contributed by atoms with E-state index in [1.54, 1.807) is 27.0 Å². The zero-order chi connectivity index (χ0) is 24.5. The third-order valence-corrected chi connectivity index (χ3v) is 8.34. The van der Waals surface area contributed by atoms with E-state index in [2.05, 4.69) is 4.72 Å². The maximum Gasteiger partial charge on any atom is 0.309 e. The summed E-state index contributed by atoms with van der Waals surface area (Å²) in [5, 5.41) is 9.75. The molecule has 0 radical (unpaired) electrons. The molecule has 0 aromatic heterocycles. The van der Waals surface area contributed by atoms with Crippen LogP contribution in [0.3, 0.4) is 0 Å². The zero-order valence-corrected chi connectivity index (χ0v) is 20.2. The van der Waals surface area contributed by atoms with Crippen LogP contribution in [0, 0.1) is 5.92 Å². The Kier molecular flexibility index (Phi) is 7.01. The number of benzene rings is 2. The number of hydrogen-bond acceptors (Lipinski definition) is 7. The fraction of sp³-hybridized carbons (Fsp3) is 0.458. The number of likely N-dealkylation sites (tertiary alicyclic amines) is 1. The lowest BCUT2D eigenvalue weighted by Gasteiger charge is -2.27. The Balaban J connectivity index is 1.66. The highest BCUT2D eigenvalue weighted by molar-refractivity contribution is 7.90. The molecule has 1 saturated heterocycles. The Morgan fingerprint density at radius 3 is 2.47 bits per heavy atom. The van der Waals surface area contributed by atoms with Crippen molar-refractivity contribution >= 4 is 16.0 Å². The Bertz CT molecular complexity index is 1130. The first-order valence-electron chi connectivity index (χ1n) is 11.2. The highest BCUT2D eigenvalue weighted by Crippen LogP contribution is 2.47. The van der Waals surface area contributed by atoms with Crippen molar-refractivity contribution in [1.29, 1.82) is 0 Å². The Labute approximate surface area is 199 Å². The first-order chi connectivity index (χ1) is 16.2. The van der Waals surface area contributed by atoms with Crippen LogP contribution in [0.5, 0.6) is 17.2 Å². The number of ether oxygens (including phenoxy) is 3. The molecule has 0 amide bonds. The summed E-state index contributed by atoms with van der Waals surface area (Å²) < 4.78 is 43.3. The molecule has 184 valence electrons. The van der Waals surface area contributed by atoms with Crippen LogP contribution in [0.15, 0.2) is 42.5 Å². The van der Waals surface area contributed by atoms with Crippen molar-refractivity contribution < 1.29 is 32.5 Å². The van der Waals surface area contributed by atoms with Gasteiger partial charge in [-0.25, -0.2) is 13.1 Å². The van der Waals surface area contributed by atoms with Gasteiger partial charge in [0.2, 0.25) is 16.8 Å². The molecule has 4 rings (SSSR count). The normalized spacial score (nSPS) is 22.3. The van der Waals surface area contributed by atoms with Crippen LogP contribution < -0.4 is 18.9 Å². The molecular formula is C24H30N2O7S. The summed E-state index contributed by atoms with van der Waals surface area (Å²) in [6, 6.07) is 12.4. The lowest BCUT2D eigenvalue weighted by atomic mass is 9.82. The molecular weight excluding hydrogens is 460 g/mol. The van der Waals surface area contributed by atoms with E-state index in [4.69, 9.17) is 14.2 Å². The van der Waals surface area contributed by atoms with Gasteiger partial charge in [-0.2, -0.15) is 0 Å². The minimum atomic E-state index is -3.42. The summed E-state index contributed by atoms with van der Waals surface area (Å²) in [4.78, 5) is 14.6. The number of methoxy groups -OCH3 is 1. The molecule has 10 heteroatoms. The summed E-state index contributed by atoms with van der Waals surface area (Å²) in [6.45, 7) is 4.39. The van der Waals surface area contributed by atoms with Crippen LogP contribution in [-0.2, 0) is 14.8 Å². The molecule has 2 aliphatic heterocycles. The van der Waals surface area contributed by atoms with Crippen LogP contribution >= 0.6 is 0 Å². The van der Waals surface area contributed by atoms with E-state index in [9.17, 15) is 18.3 Å². The van der Waals surface area contributed by atoms with Gasteiger partial charge in [-0.1, -0.05) is 18.2 Å². The number of rotatable bonds is 9. The van der Waals surface area contributed by atoms with Gasteiger partial charge in [-0.05, 0) is 49.2 Å². The predicted molar refractivity (Wildman–Crippen MR) is 126 cm³/mol. The first-order valence-corrected chi connectivity index (χ1v) is 12.7. The molecule has 2 heterocycles. The molecule has 9 nitrogen and oxygen atoms in total. The van der Waals surface area contributed by atoms with E-state index in [1.165, 1.54) is 0 Å². The maximum absolute atomic E-state index is 12.6. The average Bonchev–Trinajstić information content (AvgIpc) is 3.43. The highest BCUT2D eigenvalue weighted by atomic mass is 32.2. The molecule has 1 fully saturated rings. The van der Waals surface area contributed by atoms with Gasteiger partial charge < -0.3 is 19.3 Å². The molecule has 0 spiro atoms. The fourth-order valence-electron chi connectivity index (χ4n) is 4.64. The number of nitrogens with one attached hydrogen (secondary N) is 1. The van der Waals surface area contributed by atoms with Crippen molar-refractivity contribution in [3.05, 3.63) is 53.6 Å². The summed E-state index contributed by atoms with van der Waals surface area (Å²) in [5.74, 6) is -0.0479. The fourth-order valence-corrected chi connectivity index (χ4v) is 5.35. The Hall–Kier alpha value is -2.82. The van der Waals surface area contributed by atoms with Gasteiger partial charge >= 0.3 is 5.97 Å². The van der Waals surface area contributed by atoms with Crippen LogP contribution in [0.25, 0.3) is 0 Å². The number of carboxylic acids is 1. The van der Waals surface area contributed by atoms with E-state index in [0.717, 1.165) is 11.1 Å². The minimum absolute atomic E-state index is 0.141. The third kappa shape index (κ3) is 4.84. The number of carboxylic acid groups (broad SMARTS) is 1. The van der Waals surface area contributed by atoms with E-state index in [-0.39, 0.29) is 19.3 Å². The maximum atomic E-state index is 12.6. The summed E-state index contributed by atoms with van der Waals surface area (Å²) >= 11 is 0. The molecule has 34 heavy (non-hydrogen) atoms. The standard InChI is InChI=1S/C24H30N2O7S/c1-15(2)34(29,30)25-10-11-26-13-19(17-6-9-20-21(12-17)33-14-32-20)22(24(27)28)23(26)16-4-7-18(31-3)8-5-16/h4-9,12,15,19,22-23,25H,10-11,13-14H2,1-3H3,(H,27,28). The van der Waals surface area contributed by atoms with Gasteiger partial charge in [0.25, 0.3) is 0 Å². The number of aliphatic carboxylic acids is 1. The monoisotopic (exact) mass is 490 g/mol. The SMILES string of the molecule is COc1ccc(C2C(C(=O)O)C(c3ccc4c(c3)OCO4)CN2CCNS(=O)(=O)C(C)C)cc1. The van der Waals surface area contributed by atoms with Gasteiger partial charge in [-0.3, -0.25) is 9.69 Å². The second-order valence-electron chi connectivity index (χ2n) is 8.78. The van der Waals surface area contributed by atoms with Gasteiger partial charge in [0.15, 0.2) is 11.5 Å². The van der Waals surface area contributed by atoms with Crippen LogP contribution in [0.2, 0.25) is 0 Å². The van der Waals surface area contributed by atoms with Gasteiger partial charge in [-0.15, -0.1) is 0 Å². The summed E-state index contributed by atoms with van der Waals surface area (Å²) in [6.07, 6.45) is 0.